The highest BCUT2D eigenvalue weighted by molar-refractivity contribution is 5.78. The molecule has 0 aromatic carbocycles. The summed E-state index contributed by atoms with van der Waals surface area (Å²) in [6.07, 6.45) is 1.64. The second-order valence-electron chi connectivity index (χ2n) is 6.04. The molecule has 1 aliphatic rings. The first-order chi connectivity index (χ1) is 11.6. The van der Waals surface area contributed by atoms with E-state index in [2.05, 4.69) is 20.4 Å². The lowest BCUT2D eigenvalue weighted by molar-refractivity contribution is -0.136. The fourth-order valence-corrected chi connectivity index (χ4v) is 2.68. The summed E-state index contributed by atoms with van der Waals surface area (Å²) in [5.41, 5.74) is 1.95. The molecule has 1 N–H and O–H groups in total. The van der Waals surface area contributed by atoms with Crippen molar-refractivity contribution < 1.29 is 9.53 Å². The summed E-state index contributed by atoms with van der Waals surface area (Å²) in [6.45, 7) is 6.42. The molecular formula is C16H22N6O2. The zero-order chi connectivity index (χ0) is 17.1. The number of rotatable bonds is 5. The lowest BCUT2D eigenvalue weighted by Crippen LogP contribution is -2.40. The number of hydrogen-bond donors (Lipinski definition) is 1. The van der Waals surface area contributed by atoms with Gasteiger partial charge in [-0.15, -0.1) is 0 Å². The number of anilines is 1. The van der Waals surface area contributed by atoms with Crippen LogP contribution in [-0.4, -0.2) is 44.2 Å². The van der Waals surface area contributed by atoms with Gasteiger partial charge in [-0.1, -0.05) is 13.8 Å². The van der Waals surface area contributed by atoms with Crippen molar-refractivity contribution in [3.63, 3.8) is 0 Å². The average Bonchev–Trinajstić information content (AvgIpc) is 3.01. The van der Waals surface area contributed by atoms with Crippen LogP contribution in [0.25, 0.3) is 0 Å². The molecule has 0 radical (unpaired) electrons. The molecule has 8 heteroatoms. The van der Waals surface area contributed by atoms with Gasteiger partial charge in [0.15, 0.2) is 0 Å². The van der Waals surface area contributed by atoms with E-state index in [-0.39, 0.29) is 11.8 Å². The molecule has 24 heavy (non-hydrogen) atoms. The summed E-state index contributed by atoms with van der Waals surface area (Å²) in [5.74, 6) is 1.22. The number of carbonyl (C=O) groups excluding carboxylic acids is 1. The first-order valence-corrected chi connectivity index (χ1v) is 8.02. The van der Waals surface area contributed by atoms with Crippen LogP contribution in [0, 0.1) is 5.92 Å². The van der Waals surface area contributed by atoms with E-state index in [1.807, 2.05) is 29.5 Å². The van der Waals surface area contributed by atoms with E-state index in [0.717, 1.165) is 17.9 Å². The highest BCUT2D eigenvalue weighted by Gasteiger charge is 2.23. The number of aromatic nitrogens is 4. The minimum atomic E-state index is 0.0193. The van der Waals surface area contributed by atoms with Gasteiger partial charge in [0.1, 0.15) is 0 Å². The van der Waals surface area contributed by atoms with E-state index in [9.17, 15) is 4.79 Å². The molecule has 3 rings (SSSR count). The number of amides is 1. The summed E-state index contributed by atoms with van der Waals surface area (Å²) in [6, 6.07) is 3.72. The van der Waals surface area contributed by atoms with Gasteiger partial charge in [-0.25, -0.2) is 4.98 Å². The van der Waals surface area contributed by atoms with Crippen molar-refractivity contribution in [2.45, 2.75) is 33.5 Å². The van der Waals surface area contributed by atoms with Crippen molar-refractivity contribution in [3.8, 4) is 5.88 Å². The fourth-order valence-electron chi connectivity index (χ4n) is 2.68. The van der Waals surface area contributed by atoms with Gasteiger partial charge in [-0.05, 0) is 6.07 Å². The van der Waals surface area contributed by atoms with Crippen molar-refractivity contribution in [2.24, 2.45) is 5.92 Å². The second-order valence-corrected chi connectivity index (χ2v) is 6.04. The number of carbonyl (C=O) groups is 1. The average molecular weight is 330 g/mol. The predicted octanol–water partition coefficient (Wildman–Crippen LogP) is 1.29. The standard InChI is InChI=1S/C16H22N6O2/c1-11(2)15(23)21-6-7-22-13(10-21)8-12(20-22)9-18-16-17-5-4-14(19-16)24-3/h4-5,8,11H,6-7,9-10H2,1-3H3,(H,17,18,19). The fraction of sp³-hybridized carbons (Fsp3) is 0.500. The second kappa shape index (κ2) is 6.86. The van der Waals surface area contributed by atoms with Crippen LogP contribution < -0.4 is 10.1 Å². The number of ether oxygens (including phenoxy) is 1. The first-order valence-electron chi connectivity index (χ1n) is 8.02. The van der Waals surface area contributed by atoms with E-state index in [4.69, 9.17) is 4.74 Å². The normalized spacial score (nSPS) is 13.8. The minimum absolute atomic E-state index is 0.0193. The van der Waals surface area contributed by atoms with Crippen LogP contribution >= 0.6 is 0 Å². The van der Waals surface area contributed by atoms with Crippen LogP contribution in [0.15, 0.2) is 18.3 Å². The third-order valence-corrected chi connectivity index (χ3v) is 3.92. The third-order valence-electron chi connectivity index (χ3n) is 3.92. The van der Waals surface area contributed by atoms with Gasteiger partial charge in [0.25, 0.3) is 0 Å². The first kappa shape index (κ1) is 16.2. The van der Waals surface area contributed by atoms with Crippen LogP contribution in [0.3, 0.4) is 0 Å². The van der Waals surface area contributed by atoms with Gasteiger partial charge in [-0.2, -0.15) is 10.1 Å². The largest absolute Gasteiger partial charge is 0.481 e. The number of nitrogens with zero attached hydrogens (tertiary/aromatic N) is 5. The van der Waals surface area contributed by atoms with E-state index < -0.39 is 0 Å². The molecule has 0 aliphatic carbocycles. The highest BCUT2D eigenvalue weighted by Crippen LogP contribution is 2.16. The predicted molar refractivity (Wildman–Crippen MR) is 88.4 cm³/mol. The third kappa shape index (κ3) is 3.47. The van der Waals surface area contributed by atoms with Gasteiger partial charge in [0.05, 0.1) is 38.1 Å². The van der Waals surface area contributed by atoms with Crippen molar-refractivity contribution in [1.82, 2.24) is 24.6 Å². The molecule has 2 aromatic heterocycles. The monoisotopic (exact) mass is 330 g/mol. The lowest BCUT2D eigenvalue weighted by Gasteiger charge is -2.29. The number of nitrogens with one attached hydrogen (secondary N) is 1. The quantitative estimate of drug-likeness (QED) is 0.889. The molecule has 0 saturated carbocycles. The molecule has 8 nitrogen and oxygen atoms in total. The molecule has 0 bridgehead atoms. The Hall–Kier alpha value is -2.64. The molecule has 1 amide bonds. The van der Waals surface area contributed by atoms with E-state index in [1.165, 1.54) is 0 Å². The van der Waals surface area contributed by atoms with Crippen LogP contribution in [-0.2, 0) is 24.4 Å². The van der Waals surface area contributed by atoms with Gasteiger partial charge in [0.2, 0.25) is 17.7 Å². The van der Waals surface area contributed by atoms with Crippen LogP contribution in [0.5, 0.6) is 5.88 Å². The Morgan fingerprint density at radius 2 is 2.25 bits per heavy atom. The zero-order valence-corrected chi connectivity index (χ0v) is 14.2. The number of fused-ring (bicyclic) bond motifs is 1. The van der Waals surface area contributed by atoms with Crippen LogP contribution in [0.4, 0.5) is 5.95 Å². The maximum Gasteiger partial charge on any atom is 0.226 e. The Bertz CT molecular complexity index is 727. The van der Waals surface area contributed by atoms with Gasteiger partial charge in [-0.3, -0.25) is 9.48 Å². The van der Waals surface area contributed by atoms with Crippen molar-refractivity contribution in [3.05, 3.63) is 29.7 Å². The summed E-state index contributed by atoms with van der Waals surface area (Å²) in [5, 5.41) is 7.71. The van der Waals surface area contributed by atoms with E-state index in [0.29, 0.717) is 31.5 Å². The Kier molecular flexibility index (Phi) is 4.64. The Morgan fingerprint density at radius 1 is 1.42 bits per heavy atom. The highest BCUT2D eigenvalue weighted by atomic mass is 16.5. The van der Waals surface area contributed by atoms with E-state index in [1.54, 1.807) is 19.4 Å². The zero-order valence-electron chi connectivity index (χ0n) is 14.2. The van der Waals surface area contributed by atoms with Crippen molar-refractivity contribution >= 4 is 11.9 Å². The van der Waals surface area contributed by atoms with E-state index >= 15 is 0 Å². The summed E-state index contributed by atoms with van der Waals surface area (Å²) < 4.78 is 7.04. The lowest BCUT2D eigenvalue weighted by atomic mass is 10.1. The maximum atomic E-state index is 12.1. The molecule has 0 spiro atoms. The molecule has 0 unspecified atom stereocenters. The molecular weight excluding hydrogens is 308 g/mol. The Morgan fingerprint density at radius 3 is 3.00 bits per heavy atom. The minimum Gasteiger partial charge on any atom is -0.481 e. The molecule has 1 aliphatic heterocycles. The summed E-state index contributed by atoms with van der Waals surface area (Å²) >= 11 is 0. The number of hydrogen-bond acceptors (Lipinski definition) is 6. The summed E-state index contributed by atoms with van der Waals surface area (Å²) in [7, 11) is 1.57. The Labute approximate surface area is 140 Å². The Balaban J connectivity index is 1.64. The van der Waals surface area contributed by atoms with Gasteiger partial charge >= 0.3 is 0 Å². The van der Waals surface area contributed by atoms with Crippen molar-refractivity contribution in [2.75, 3.05) is 19.0 Å². The van der Waals surface area contributed by atoms with Gasteiger partial charge in [0, 0.05) is 24.7 Å². The molecule has 0 fully saturated rings. The molecule has 0 saturated heterocycles. The smallest absolute Gasteiger partial charge is 0.226 e. The molecule has 3 heterocycles. The van der Waals surface area contributed by atoms with Crippen LogP contribution in [0.2, 0.25) is 0 Å². The molecule has 128 valence electrons. The van der Waals surface area contributed by atoms with Gasteiger partial charge < -0.3 is 15.0 Å². The van der Waals surface area contributed by atoms with Crippen LogP contribution in [0.1, 0.15) is 25.2 Å². The molecule has 0 atom stereocenters. The van der Waals surface area contributed by atoms with Crippen molar-refractivity contribution in [1.29, 1.82) is 0 Å². The maximum absolute atomic E-state index is 12.1. The topological polar surface area (TPSA) is 85.2 Å². The summed E-state index contributed by atoms with van der Waals surface area (Å²) in [4.78, 5) is 22.4. The SMILES string of the molecule is COc1ccnc(NCc2cc3n(n2)CCN(C(=O)C(C)C)C3)n1. The number of methoxy groups -OCH3 is 1. The molecule has 2 aromatic rings.